The summed E-state index contributed by atoms with van der Waals surface area (Å²) >= 11 is 5.79. The van der Waals surface area contributed by atoms with Crippen molar-refractivity contribution in [3.63, 3.8) is 0 Å². The third-order valence-electron chi connectivity index (χ3n) is 8.30. The Morgan fingerprint density at radius 1 is 0.878 bits per heavy atom. The van der Waals surface area contributed by atoms with Gasteiger partial charge in [-0.2, -0.15) is 0 Å². The quantitative estimate of drug-likeness (QED) is 0.267. The van der Waals surface area contributed by atoms with Gasteiger partial charge in [0.25, 0.3) is 0 Å². The van der Waals surface area contributed by atoms with Gasteiger partial charge in [0.15, 0.2) is 23.1 Å². The number of carbonyl (C=O) groups excluding carboxylic acids is 2. The summed E-state index contributed by atoms with van der Waals surface area (Å²) in [6.07, 6.45) is 2.58. The first-order chi connectivity index (χ1) is 19.3. The minimum absolute atomic E-state index is 0.129. The van der Waals surface area contributed by atoms with Gasteiger partial charge in [0.2, 0.25) is 0 Å². The average Bonchev–Trinajstić information content (AvgIpc) is 2.87. The summed E-state index contributed by atoms with van der Waals surface area (Å²) < 4.78 is 14.4. The second-order valence-electron chi connectivity index (χ2n) is 13.0. The number of Topliss-reactive ketones (excluding diaryl/α,β-unsaturated/α-hetero) is 2. The van der Waals surface area contributed by atoms with Crippen molar-refractivity contribution in [2.75, 3.05) is 13.2 Å². The molecule has 3 aliphatic rings. The van der Waals surface area contributed by atoms with Crippen molar-refractivity contribution in [1.29, 1.82) is 0 Å². The number of halogens is 2. The van der Waals surface area contributed by atoms with E-state index in [0.29, 0.717) is 37.6 Å². The Morgan fingerprint density at radius 3 is 1.95 bits per heavy atom. The van der Waals surface area contributed by atoms with Gasteiger partial charge >= 0.3 is 0 Å². The Morgan fingerprint density at radius 2 is 1.44 bits per heavy atom. The van der Waals surface area contributed by atoms with E-state index in [9.17, 15) is 9.59 Å². The van der Waals surface area contributed by atoms with E-state index in [0.717, 1.165) is 61.1 Å². The molecule has 1 aliphatic heterocycles. The molecule has 0 fully saturated rings. The van der Waals surface area contributed by atoms with E-state index in [2.05, 4.69) is 84.1 Å². The van der Waals surface area contributed by atoms with Crippen LogP contribution in [-0.2, 0) is 16.2 Å². The van der Waals surface area contributed by atoms with Crippen molar-refractivity contribution in [2.45, 2.75) is 79.8 Å². The zero-order valence-corrected chi connectivity index (χ0v) is 28.6. The summed E-state index contributed by atoms with van der Waals surface area (Å²) in [6.45, 7) is 14.4. The Bertz CT molecular complexity index is 1400. The van der Waals surface area contributed by atoms with Gasteiger partial charge in [-0.15, -0.1) is 0 Å². The highest BCUT2D eigenvalue weighted by molar-refractivity contribution is 14.1. The number of hydrogen-bond acceptors (Lipinski definition) is 5. The van der Waals surface area contributed by atoms with Gasteiger partial charge in [-0.05, 0) is 95.5 Å². The monoisotopic (exact) mass is 731 g/mol. The highest BCUT2D eigenvalue weighted by Crippen LogP contribution is 2.55. The molecule has 218 valence electrons. The number of ether oxygens (including phenoxy) is 2. The molecule has 0 N–H and O–H groups in total. The van der Waals surface area contributed by atoms with Crippen LogP contribution < -0.4 is 9.47 Å². The highest BCUT2D eigenvalue weighted by atomic mass is 127. The summed E-state index contributed by atoms with van der Waals surface area (Å²) in [4.78, 5) is 30.2. The molecule has 0 unspecified atom stereocenters. The molecule has 0 saturated heterocycles. The van der Waals surface area contributed by atoms with Crippen LogP contribution in [0.15, 0.2) is 63.4 Å². The second kappa shape index (κ2) is 11.5. The van der Waals surface area contributed by atoms with Crippen LogP contribution in [-0.4, -0.2) is 29.6 Å². The molecular formula is C34H39BrINO4. The first-order valence-corrected chi connectivity index (χ1v) is 16.3. The Balaban J connectivity index is 1.65. The fourth-order valence-corrected chi connectivity index (χ4v) is 7.70. The van der Waals surface area contributed by atoms with Gasteiger partial charge in [0, 0.05) is 52.3 Å². The molecule has 2 aromatic rings. The minimum Gasteiger partial charge on any atom is -0.490 e. The van der Waals surface area contributed by atoms with Crippen molar-refractivity contribution >= 4 is 50.1 Å². The molecule has 0 radical (unpaired) electrons. The smallest absolute Gasteiger partial charge is 0.174 e. The lowest BCUT2D eigenvalue weighted by Crippen LogP contribution is -2.44. The maximum Gasteiger partial charge on any atom is 0.174 e. The highest BCUT2D eigenvalue weighted by Gasteiger charge is 2.48. The lowest BCUT2D eigenvalue weighted by Gasteiger charge is -2.49. The number of hydrogen-bond donors (Lipinski definition) is 0. The Hall–Kier alpha value is -2.13. The topological polar surface area (TPSA) is 55.8 Å². The van der Waals surface area contributed by atoms with Crippen molar-refractivity contribution in [1.82, 2.24) is 4.90 Å². The zero-order valence-electron chi connectivity index (χ0n) is 24.8. The first kappa shape index (κ1) is 30.3. The van der Waals surface area contributed by atoms with E-state index < -0.39 is 5.92 Å². The van der Waals surface area contributed by atoms with Crippen LogP contribution in [0.5, 0.6) is 11.5 Å². The van der Waals surface area contributed by atoms with Gasteiger partial charge in [-0.25, -0.2) is 0 Å². The molecule has 7 heteroatoms. The van der Waals surface area contributed by atoms with Crippen LogP contribution in [0.4, 0.5) is 0 Å². The number of allylic oxidation sites excluding steroid dienone is 4. The van der Waals surface area contributed by atoms with Crippen LogP contribution in [0.3, 0.4) is 0 Å². The fourth-order valence-electron chi connectivity index (χ4n) is 6.66. The maximum absolute atomic E-state index is 14.0. The SMILES string of the molecule is CCOc1cc(C2C3=C(CC(C)(C)CC3=O)N(CC)C3=C2C(=O)CC(C)(C)C3)cc(I)c1OCc1ccc(Br)cc1. The van der Waals surface area contributed by atoms with E-state index in [1.165, 1.54) is 0 Å². The molecule has 1 heterocycles. The average molecular weight is 732 g/mol. The number of nitrogens with zero attached hydrogens (tertiary/aromatic N) is 1. The first-order valence-electron chi connectivity index (χ1n) is 14.5. The normalized spacial score (nSPS) is 20.2. The lowest BCUT2D eigenvalue weighted by atomic mass is 9.63. The summed E-state index contributed by atoms with van der Waals surface area (Å²) in [5.41, 5.74) is 5.48. The van der Waals surface area contributed by atoms with E-state index in [1.807, 2.05) is 37.3 Å². The number of ketones is 2. The van der Waals surface area contributed by atoms with Crippen LogP contribution >= 0.6 is 38.5 Å². The minimum atomic E-state index is -0.400. The number of rotatable bonds is 7. The second-order valence-corrected chi connectivity index (χ2v) is 15.0. The van der Waals surface area contributed by atoms with Crippen LogP contribution in [0, 0.1) is 14.4 Å². The van der Waals surface area contributed by atoms with Gasteiger partial charge in [0.1, 0.15) is 6.61 Å². The van der Waals surface area contributed by atoms with Gasteiger partial charge < -0.3 is 14.4 Å². The van der Waals surface area contributed by atoms with E-state index >= 15 is 0 Å². The molecule has 2 aromatic carbocycles. The Kier molecular flexibility index (Phi) is 8.52. The maximum atomic E-state index is 14.0. The van der Waals surface area contributed by atoms with Crippen molar-refractivity contribution in [3.05, 3.63) is 78.1 Å². The largest absolute Gasteiger partial charge is 0.490 e. The van der Waals surface area contributed by atoms with E-state index in [1.54, 1.807) is 0 Å². The molecule has 0 aromatic heterocycles. The molecule has 0 amide bonds. The molecule has 0 saturated carbocycles. The molecule has 5 nitrogen and oxygen atoms in total. The number of benzene rings is 2. The molecule has 5 rings (SSSR count). The van der Waals surface area contributed by atoms with E-state index in [4.69, 9.17) is 9.47 Å². The van der Waals surface area contributed by atoms with Crippen molar-refractivity contribution < 1.29 is 19.1 Å². The van der Waals surface area contributed by atoms with Gasteiger partial charge in [-0.3, -0.25) is 9.59 Å². The fraction of sp³-hybridized carbons (Fsp3) is 0.471. The van der Waals surface area contributed by atoms with Crippen LogP contribution in [0.25, 0.3) is 0 Å². The summed E-state index contributed by atoms with van der Waals surface area (Å²) in [5, 5.41) is 0. The third-order valence-corrected chi connectivity index (χ3v) is 9.63. The van der Waals surface area contributed by atoms with E-state index in [-0.39, 0.29) is 22.4 Å². The summed E-state index contributed by atoms with van der Waals surface area (Å²) in [5.74, 6) is 1.21. The number of carbonyl (C=O) groups is 2. The molecule has 0 bridgehead atoms. The molecular weight excluding hydrogens is 693 g/mol. The Labute approximate surface area is 266 Å². The summed E-state index contributed by atoms with van der Waals surface area (Å²) in [7, 11) is 0. The van der Waals surface area contributed by atoms with Crippen LogP contribution in [0.1, 0.15) is 84.3 Å². The molecule has 41 heavy (non-hydrogen) atoms. The lowest BCUT2D eigenvalue weighted by molar-refractivity contribution is -0.119. The predicted octanol–water partition coefficient (Wildman–Crippen LogP) is 8.74. The third kappa shape index (κ3) is 6.03. The summed E-state index contributed by atoms with van der Waals surface area (Å²) in [6, 6.07) is 12.1. The molecule has 0 spiro atoms. The molecule has 0 atom stereocenters. The zero-order chi connectivity index (χ0) is 29.7. The molecule has 2 aliphatic carbocycles. The van der Waals surface area contributed by atoms with Crippen molar-refractivity contribution in [3.8, 4) is 11.5 Å². The van der Waals surface area contributed by atoms with Gasteiger partial charge in [-0.1, -0.05) is 55.8 Å². The van der Waals surface area contributed by atoms with Crippen LogP contribution in [0.2, 0.25) is 0 Å². The standard InChI is InChI=1S/C34H39BrINO4/c1-7-37-24-15-33(3,4)17-26(38)30(24)29(31-25(37)16-34(5,6)18-27(31)39)21-13-23(36)32(28(14-21)40-8-2)41-19-20-9-11-22(35)12-10-20/h9-14,29H,7-8,15-19H2,1-6H3. The van der Waals surface area contributed by atoms with Gasteiger partial charge in [0.05, 0.1) is 10.2 Å². The van der Waals surface area contributed by atoms with Crippen molar-refractivity contribution in [2.24, 2.45) is 10.8 Å². The predicted molar refractivity (Wildman–Crippen MR) is 174 cm³/mol.